The third kappa shape index (κ3) is 4.19. The Morgan fingerprint density at radius 2 is 1.68 bits per heavy atom. The first kappa shape index (κ1) is 28.3. The van der Waals surface area contributed by atoms with Gasteiger partial charge in [-0.15, -0.1) is 0 Å². The minimum Gasteiger partial charge on any atom is -0.414 e. The van der Waals surface area contributed by atoms with Crippen LogP contribution < -0.4 is 0 Å². The second kappa shape index (κ2) is 8.90. The Morgan fingerprint density at radius 3 is 2.30 bits per heavy atom. The van der Waals surface area contributed by atoms with E-state index in [1.807, 2.05) is 0 Å². The van der Waals surface area contributed by atoms with Crippen molar-refractivity contribution in [2.45, 2.75) is 143 Å². The van der Waals surface area contributed by atoms with Gasteiger partial charge in [-0.1, -0.05) is 55.4 Å². The van der Waals surface area contributed by atoms with Crippen LogP contribution in [0, 0.1) is 58.2 Å². The van der Waals surface area contributed by atoms with Gasteiger partial charge in [0.2, 0.25) is 0 Å². The molecule has 4 heteroatoms. The van der Waals surface area contributed by atoms with E-state index in [4.69, 9.17) is 4.43 Å². The molecule has 0 bridgehead atoms. The Labute approximate surface area is 229 Å². The van der Waals surface area contributed by atoms with Gasteiger partial charge in [0.05, 0.1) is 11.5 Å². The van der Waals surface area contributed by atoms with E-state index in [2.05, 4.69) is 68.5 Å². The van der Waals surface area contributed by atoms with Crippen LogP contribution in [0.15, 0.2) is 0 Å². The van der Waals surface area contributed by atoms with Crippen molar-refractivity contribution < 1.29 is 14.3 Å². The molecule has 0 aromatic rings. The molecule has 11 atom stereocenters. The van der Waals surface area contributed by atoms with Gasteiger partial charge in [0.25, 0.3) is 0 Å². The number of rotatable bonds is 4. The van der Waals surface area contributed by atoms with Gasteiger partial charge in [0, 0.05) is 12.0 Å². The highest BCUT2D eigenvalue weighted by atomic mass is 28.4. The van der Waals surface area contributed by atoms with Gasteiger partial charge in [-0.25, -0.2) is 0 Å². The zero-order valence-electron chi connectivity index (χ0n) is 25.8. The number of aliphatic hydroxyl groups is 1. The number of carbonyl (C=O) groups is 1. The fraction of sp³-hybridized carbons (Fsp3) is 0.970. The molecule has 5 rings (SSSR count). The van der Waals surface area contributed by atoms with Crippen molar-refractivity contribution in [3.63, 3.8) is 0 Å². The van der Waals surface area contributed by atoms with Crippen LogP contribution in [0.2, 0.25) is 18.1 Å². The van der Waals surface area contributed by atoms with Gasteiger partial charge >= 0.3 is 0 Å². The quantitative estimate of drug-likeness (QED) is 0.372. The number of hydrogen-bond donors (Lipinski definition) is 1. The zero-order valence-corrected chi connectivity index (χ0v) is 26.8. The minimum atomic E-state index is -1.76. The Morgan fingerprint density at radius 1 is 1.03 bits per heavy atom. The SMILES string of the molecule is CC(C)C[C@@]1(O)C[C@@H](C)[C@H]2[C@@H]1C(=O)[C@@H]1[C@@H]3CC[C@H]4C[C@@H](O[Si](C)(C)C(C)(C)C)CC[C@]4(C)[C@H]3CC[C@]21C. The first-order valence-electron chi connectivity index (χ1n) is 15.9. The van der Waals surface area contributed by atoms with Crippen molar-refractivity contribution in [2.24, 2.45) is 58.2 Å². The lowest BCUT2D eigenvalue weighted by Crippen LogP contribution is -2.56. The fourth-order valence-corrected chi connectivity index (χ4v) is 12.5. The Balaban J connectivity index is 1.38. The summed E-state index contributed by atoms with van der Waals surface area (Å²) in [4.78, 5) is 14.4. The summed E-state index contributed by atoms with van der Waals surface area (Å²) in [6.45, 7) is 23.7. The van der Waals surface area contributed by atoms with Crippen molar-refractivity contribution in [1.82, 2.24) is 0 Å². The molecule has 5 aliphatic rings. The van der Waals surface area contributed by atoms with E-state index in [0.717, 1.165) is 18.8 Å². The standard InChI is InChI=1S/C33H58O3Si/c1-20(2)18-33(35)19-21(3)26-28(33)29(34)27-24-12-11-22-17-23(36-37(9,10)30(4,5)6)13-15-31(22,7)25(24)14-16-32(26,27)8/h20-28,35H,11-19H2,1-10H3/t21-,22+,23+,24-,25+,26+,27+,28-,31+,32-,33-/m1/s1. The minimum absolute atomic E-state index is 0.0790. The summed E-state index contributed by atoms with van der Waals surface area (Å²) in [5.41, 5.74) is -0.365. The molecule has 5 fully saturated rings. The van der Waals surface area contributed by atoms with Crippen molar-refractivity contribution in [1.29, 1.82) is 0 Å². The summed E-state index contributed by atoms with van der Waals surface area (Å²) in [5.74, 6) is 3.65. The predicted molar refractivity (Wildman–Crippen MR) is 155 cm³/mol. The third-order valence-electron chi connectivity index (χ3n) is 13.5. The van der Waals surface area contributed by atoms with Crippen LogP contribution in [0.1, 0.15) is 113 Å². The van der Waals surface area contributed by atoms with Crippen LogP contribution in [0.4, 0.5) is 0 Å². The van der Waals surface area contributed by atoms with Crippen molar-refractivity contribution >= 4 is 14.1 Å². The van der Waals surface area contributed by atoms with Gasteiger partial charge in [0.15, 0.2) is 8.32 Å². The molecular formula is C33H58O3Si. The molecule has 0 aromatic heterocycles. The topological polar surface area (TPSA) is 46.5 Å². The van der Waals surface area contributed by atoms with Crippen LogP contribution in [0.3, 0.4) is 0 Å². The second-order valence-corrected chi connectivity index (χ2v) is 21.9. The molecule has 0 amide bonds. The lowest BCUT2D eigenvalue weighted by Gasteiger charge is -2.61. The highest BCUT2D eigenvalue weighted by Gasteiger charge is 2.72. The summed E-state index contributed by atoms with van der Waals surface area (Å²) < 4.78 is 6.95. The average Bonchev–Trinajstić information content (AvgIpc) is 3.16. The first-order chi connectivity index (χ1) is 16.9. The van der Waals surface area contributed by atoms with Crippen molar-refractivity contribution in [2.75, 3.05) is 0 Å². The maximum Gasteiger partial charge on any atom is 0.192 e. The Hall–Kier alpha value is -0.193. The third-order valence-corrected chi connectivity index (χ3v) is 18.0. The number of ketones is 1. The predicted octanol–water partition coefficient (Wildman–Crippen LogP) is 8.26. The molecule has 5 aliphatic carbocycles. The summed E-state index contributed by atoms with van der Waals surface area (Å²) in [7, 11) is -1.76. The largest absolute Gasteiger partial charge is 0.414 e. The number of fused-ring (bicyclic) bond motifs is 7. The van der Waals surface area contributed by atoms with Crippen LogP contribution in [0.5, 0.6) is 0 Å². The van der Waals surface area contributed by atoms with Crippen LogP contribution in [0.25, 0.3) is 0 Å². The summed E-state index contributed by atoms with van der Waals surface area (Å²) in [5, 5.41) is 12.2. The molecule has 212 valence electrons. The molecule has 0 aliphatic heterocycles. The summed E-state index contributed by atoms with van der Waals surface area (Å²) in [6, 6.07) is 0. The van der Waals surface area contributed by atoms with E-state index in [1.54, 1.807) is 0 Å². The van der Waals surface area contributed by atoms with E-state index in [9.17, 15) is 9.90 Å². The molecule has 0 saturated heterocycles. The van der Waals surface area contributed by atoms with Gasteiger partial charge < -0.3 is 9.53 Å². The maximum absolute atomic E-state index is 14.4. The van der Waals surface area contributed by atoms with Gasteiger partial charge in [-0.2, -0.15) is 0 Å². The van der Waals surface area contributed by atoms with E-state index < -0.39 is 13.9 Å². The van der Waals surface area contributed by atoms with Crippen molar-refractivity contribution in [3.05, 3.63) is 0 Å². The zero-order chi connectivity index (χ0) is 27.3. The van der Waals surface area contributed by atoms with Crippen LogP contribution in [-0.2, 0) is 9.22 Å². The number of carbonyl (C=O) groups excluding carboxylic acids is 1. The monoisotopic (exact) mass is 530 g/mol. The highest BCUT2D eigenvalue weighted by Crippen LogP contribution is 2.72. The molecule has 0 heterocycles. The first-order valence-corrected chi connectivity index (χ1v) is 18.8. The Bertz CT molecular complexity index is 906. The normalized spacial score (nSPS) is 50.0. The smallest absolute Gasteiger partial charge is 0.192 e. The maximum atomic E-state index is 14.4. The number of Topliss-reactive ketones (excluding diaryl/α,β-unsaturated/α-hetero) is 1. The molecule has 0 unspecified atom stereocenters. The van der Waals surface area contributed by atoms with Crippen LogP contribution in [-0.4, -0.2) is 30.9 Å². The highest BCUT2D eigenvalue weighted by molar-refractivity contribution is 6.74. The molecule has 5 saturated carbocycles. The lowest BCUT2D eigenvalue weighted by molar-refractivity contribution is -0.149. The van der Waals surface area contributed by atoms with E-state index in [-0.39, 0.29) is 22.3 Å². The van der Waals surface area contributed by atoms with E-state index in [0.29, 0.717) is 46.9 Å². The Kier molecular flexibility index (Phi) is 6.82. The van der Waals surface area contributed by atoms with E-state index in [1.165, 1.54) is 44.9 Å². The molecular weight excluding hydrogens is 472 g/mol. The molecule has 3 nitrogen and oxygen atoms in total. The molecule has 0 radical (unpaired) electrons. The molecule has 1 N–H and O–H groups in total. The van der Waals surface area contributed by atoms with Gasteiger partial charge in [-0.3, -0.25) is 4.79 Å². The second-order valence-electron chi connectivity index (χ2n) is 17.1. The van der Waals surface area contributed by atoms with Crippen molar-refractivity contribution in [3.8, 4) is 0 Å². The van der Waals surface area contributed by atoms with Crippen LogP contribution >= 0.6 is 0 Å². The number of hydrogen-bond acceptors (Lipinski definition) is 3. The molecule has 37 heavy (non-hydrogen) atoms. The summed E-state index contributed by atoms with van der Waals surface area (Å²) >= 11 is 0. The molecule has 0 aromatic carbocycles. The average molecular weight is 531 g/mol. The van der Waals surface area contributed by atoms with E-state index >= 15 is 0 Å². The summed E-state index contributed by atoms with van der Waals surface area (Å²) in [6.07, 6.45) is 10.6. The lowest BCUT2D eigenvalue weighted by atomic mass is 9.44. The van der Waals surface area contributed by atoms with Gasteiger partial charge in [0.1, 0.15) is 5.78 Å². The molecule has 0 spiro atoms. The fourth-order valence-electron chi connectivity index (χ4n) is 11.1. The van der Waals surface area contributed by atoms with Gasteiger partial charge in [-0.05, 0) is 122 Å².